The van der Waals surface area contributed by atoms with E-state index in [1.807, 2.05) is 0 Å². The van der Waals surface area contributed by atoms with Gasteiger partial charge in [0.05, 0.1) is 10.9 Å². The summed E-state index contributed by atoms with van der Waals surface area (Å²) < 4.78 is 25.6. The van der Waals surface area contributed by atoms with Gasteiger partial charge in [0.15, 0.2) is 0 Å². The Bertz CT molecular complexity index is 472. The second-order valence-corrected chi connectivity index (χ2v) is 7.49. The maximum absolute atomic E-state index is 12.0. The lowest BCUT2D eigenvalue weighted by atomic mass is 10.4. The first kappa shape index (κ1) is 14.2. The van der Waals surface area contributed by atoms with Crippen molar-refractivity contribution in [1.29, 1.82) is 0 Å². The van der Waals surface area contributed by atoms with Crippen LogP contribution in [0.2, 0.25) is 8.67 Å². The minimum Gasteiger partial charge on any atom is -0.395 e. The summed E-state index contributed by atoms with van der Waals surface area (Å²) in [5, 5.41) is 8.93. The van der Waals surface area contributed by atoms with Crippen molar-refractivity contribution in [3.63, 3.8) is 0 Å². The van der Waals surface area contributed by atoms with Gasteiger partial charge in [-0.15, -0.1) is 11.3 Å². The quantitative estimate of drug-likeness (QED) is 0.926. The van der Waals surface area contributed by atoms with Gasteiger partial charge >= 0.3 is 0 Å². The highest BCUT2D eigenvalue weighted by Gasteiger charge is 2.28. The number of hydrogen-bond acceptors (Lipinski definition) is 4. The van der Waals surface area contributed by atoms with Gasteiger partial charge in [-0.3, -0.25) is 0 Å². The summed E-state index contributed by atoms with van der Waals surface area (Å²) >= 11 is 12.5. The molecule has 0 bridgehead atoms. The number of rotatable bonds is 4. The van der Waals surface area contributed by atoms with E-state index < -0.39 is 16.1 Å². The van der Waals surface area contributed by atoms with Gasteiger partial charge in [-0.05, 0) is 13.0 Å². The number of thiophene rings is 1. The first-order valence-electron chi connectivity index (χ1n) is 4.34. The van der Waals surface area contributed by atoms with Gasteiger partial charge in [0.2, 0.25) is 10.0 Å². The van der Waals surface area contributed by atoms with Gasteiger partial charge in [0, 0.05) is 13.1 Å². The predicted octanol–water partition coefficient (Wildman–Crippen LogP) is 2.06. The number of hydrogen-bond donors (Lipinski definition) is 1. The molecule has 0 aliphatic carbocycles. The Morgan fingerprint density at radius 2 is 2.12 bits per heavy atom. The zero-order chi connectivity index (χ0) is 12.5. The summed E-state index contributed by atoms with van der Waals surface area (Å²) in [6.07, 6.45) is 0. The summed E-state index contributed by atoms with van der Waals surface area (Å²) in [6, 6.07) is 0.796. The molecule has 1 aromatic heterocycles. The molecule has 92 valence electrons. The van der Waals surface area contributed by atoms with Crippen molar-refractivity contribution < 1.29 is 13.5 Å². The van der Waals surface area contributed by atoms with Crippen LogP contribution in [0, 0.1) is 0 Å². The lowest BCUT2D eigenvalue weighted by Gasteiger charge is -2.21. The van der Waals surface area contributed by atoms with Gasteiger partial charge in [0.25, 0.3) is 0 Å². The number of aliphatic hydroxyl groups excluding tert-OH is 1. The van der Waals surface area contributed by atoms with Crippen LogP contribution in [0.1, 0.15) is 6.92 Å². The van der Waals surface area contributed by atoms with Gasteiger partial charge in [-0.1, -0.05) is 23.2 Å². The average molecular weight is 304 g/mol. The van der Waals surface area contributed by atoms with E-state index in [0.717, 1.165) is 15.6 Å². The Labute approximate surface area is 108 Å². The molecule has 4 nitrogen and oxygen atoms in total. The molecule has 1 N–H and O–H groups in total. The lowest BCUT2D eigenvalue weighted by Crippen LogP contribution is -2.37. The van der Waals surface area contributed by atoms with Crippen molar-refractivity contribution in [2.75, 3.05) is 13.7 Å². The molecular weight excluding hydrogens is 293 g/mol. The summed E-state index contributed by atoms with van der Waals surface area (Å²) in [5.41, 5.74) is 0. The van der Waals surface area contributed by atoms with Crippen LogP contribution in [0.3, 0.4) is 0 Å². The van der Waals surface area contributed by atoms with Gasteiger partial charge in [-0.2, -0.15) is 4.31 Å². The topological polar surface area (TPSA) is 57.6 Å². The fraction of sp³-hybridized carbons (Fsp3) is 0.500. The monoisotopic (exact) mass is 303 g/mol. The van der Waals surface area contributed by atoms with Crippen LogP contribution in [-0.4, -0.2) is 37.5 Å². The Morgan fingerprint density at radius 3 is 2.50 bits per heavy atom. The summed E-state index contributed by atoms with van der Waals surface area (Å²) in [7, 11) is -2.31. The molecule has 0 spiro atoms. The Hall–Kier alpha value is 0.150. The fourth-order valence-corrected chi connectivity index (χ4v) is 4.47. The molecule has 1 unspecified atom stereocenters. The molecule has 0 saturated heterocycles. The van der Waals surface area contributed by atoms with Crippen LogP contribution >= 0.6 is 34.5 Å². The molecule has 8 heteroatoms. The highest BCUT2D eigenvalue weighted by molar-refractivity contribution is 7.89. The molecule has 0 aromatic carbocycles. The molecule has 16 heavy (non-hydrogen) atoms. The normalized spacial score (nSPS) is 14.4. The largest absolute Gasteiger partial charge is 0.395 e. The number of sulfonamides is 1. The standard InChI is InChI=1S/C8H11Cl2NO3S2/c1-5(4-12)11(2)16(13,14)6-3-7(9)15-8(6)10/h3,5,12H,4H2,1-2H3. The number of halogens is 2. The van der Waals surface area contributed by atoms with Crippen molar-refractivity contribution in [2.24, 2.45) is 0 Å². The second kappa shape index (κ2) is 5.20. The lowest BCUT2D eigenvalue weighted by molar-refractivity contribution is 0.214. The van der Waals surface area contributed by atoms with Gasteiger partial charge in [0.1, 0.15) is 9.23 Å². The molecule has 0 fully saturated rings. The third-order valence-corrected chi connectivity index (χ3v) is 5.89. The highest BCUT2D eigenvalue weighted by Crippen LogP contribution is 2.35. The van der Waals surface area contributed by atoms with E-state index in [-0.39, 0.29) is 15.8 Å². The van der Waals surface area contributed by atoms with Crippen LogP contribution in [-0.2, 0) is 10.0 Å². The summed E-state index contributed by atoms with van der Waals surface area (Å²) in [4.78, 5) is -0.0213. The van der Waals surface area contributed by atoms with Crippen molar-refractivity contribution in [2.45, 2.75) is 17.9 Å². The molecule has 0 saturated carbocycles. The predicted molar refractivity (Wildman–Crippen MR) is 65.8 cm³/mol. The van der Waals surface area contributed by atoms with Crippen molar-refractivity contribution in [1.82, 2.24) is 4.31 Å². The van der Waals surface area contributed by atoms with Crippen molar-refractivity contribution >= 4 is 44.6 Å². The van der Waals surface area contributed by atoms with Crippen LogP contribution in [0.5, 0.6) is 0 Å². The fourth-order valence-electron chi connectivity index (χ4n) is 1.01. The Balaban J connectivity index is 3.17. The molecule has 0 radical (unpaired) electrons. The molecule has 0 aliphatic heterocycles. The maximum Gasteiger partial charge on any atom is 0.245 e. The second-order valence-electron chi connectivity index (χ2n) is 3.24. The van der Waals surface area contributed by atoms with E-state index in [9.17, 15) is 8.42 Å². The number of likely N-dealkylation sites (N-methyl/N-ethyl adjacent to an activating group) is 1. The average Bonchev–Trinajstić information content (AvgIpc) is 2.56. The van der Waals surface area contributed by atoms with Crippen LogP contribution < -0.4 is 0 Å². The molecule has 0 aliphatic rings. The maximum atomic E-state index is 12.0. The Kier molecular flexibility index (Phi) is 4.62. The van der Waals surface area contributed by atoms with Gasteiger partial charge in [-0.25, -0.2) is 8.42 Å². The molecule has 1 heterocycles. The van der Waals surface area contributed by atoms with Crippen molar-refractivity contribution in [3.8, 4) is 0 Å². The first-order valence-corrected chi connectivity index (χ1v) is 7.35. The smallest absolute Gasteiger partial charge is 0.245 e. The van der Waals surface area contributed by atoms with E-state index in [4.69, 9.17) is 28.3 Å². The number of nitrogens with zero attached hydrogens (tertiary/aromatic N) is 1. The van der Waals surface area contributed by atoms with E-state index in [1.165, 1.54) is 13.1 Å². The summed E-state index contributed by atoms with van der Waals surface area (Å²) in [5.74, 6) is 0. The molecule has 1 aromatic rings. The molecule has 1 rings (SSSR count). The van der Waals surface area contributed by atoms with E-state index >= 15 is 0 Å². The molecule has 1 atom stereocenters. The SMILES string of the molecule is CC(CO)N(C)S(=O)(=O)c1cc(Cl)sc1Cl. The third-order valence-electron chi connectivity index (χ3n) is 2.17. The Morgan fingerprint density at radius 1 is 1.56 bits per heavy atom. The van der Waals surface area contributed by atoms with Crippen LogP contribution in [0.15, 0.2) is 11.0 Å². The minimum absolute atomic E-state index is 0.0213. The van der Waals surface area contributed by atoms with Crippen LogP contribution in [0.4, 0.5) is 0 Å². The highest BCUT2D eigenvalue weighted by atomic mass is 35.5. The first-order chi connectivity index (χ1) is 7.30. The zero-order valence-corrected chi connectivity index (χ0v) is 11.8. The summed E-state index contributed by atoms with van der Waals surface area (Å²) in [6.45, 7) is 1.34. The van der Waals surface area contributed by atoms with E-state index in [0.29, 0.717) is 4.34 Å². The van der Waals surface area contributed by atoms with E-state index in [1.54, 1.807) is 6.92 Å². The van der Waals surface area contributed by atoms with Crippen LogP contribution in [0.25, 0.3) is 0 Å². The zero-order valence-electron chi connectivity index (χ0n) is 8.65. The van der Waals surface area contributed by atoms with Crippen molar-refractivity contribution in [3.05, 3.63) is 14.7 Å². The number of aliphatic hydroxyl groups is 1. The van der Waals surface area contributed by atoms with E-state index in [2.05, 4.69) is 0 Å². The molecule has 0 amide bonds. The third kappa shape index (κ3) is 2.69. The minimum atomic E-state index is -3.69. The van der Waals surface area contributed by atoms with Gasteiger partial charge < -0.3 is 5.11 Å². The molecular formula is C8H11Cl2NO3S2.